The number of aliphatic hydroxyl groups is 1. The molecule has 2 rings (SSSR count). The van der Waals surface area contributed by atoms with Gasteiger partial charge in [-0.25, -0.2) is 0 Å². The minimum atomic E-state index is -0.582. The van der Waals surface area contributed by atoms with E-state index in [4.69, 9.17) is 21.3 Å². The predicted molar refractivity (Wildman–Crippen MR) is 71.8 cm³/mol. The lowest BCUT2D eigenvalue weighted by molar-refractivity contribution is 0.0998. The van der Waals surface area contributed by atoms with Crippen LogP contribution in [0.1, 0.15) is 15.9 Å². The quantitative estimate of drug-likeness (QED) is 0.726. The van der Waals surface area contributed by atoms with Crippen molar-refractivity contribution in [3.8, 4) is 11.5 Å². The van der Waals surface area contributed by atoms with Crippen molar-refractivity contribution in [2.24, 2.45) is 5.73 Å². The van der Waals surface area contributed by atoms with Crippen molar-refractivity contribution in [1.82, 2.24) is 0 Å². The molecule has 0 saturated heterocycles. The van der Waals surface area contributed by atoms with E-state index < -0.39 is 5.91 Å². The number of primary amides is 1. The van der Waals surface area contributed by atoms with Crippen LogP contribution < -0.4 is 16.2 Å². The average molecular weight is 258 g/mol. The molecule has 0 heterocycles. The van der Waals surface area contributed by atoms with Gasteiger partial charge in [0.2, 0.25) is 0 Å². The van der Waals surface area contributed by atoms with Gasteiger partial charge in [-0.15, -0.1) is 0 Å². The summed E-state index contributed by atoms with van der Waals surface area (Å²) in [6, 6.07) is 11.5. The molecule has 0 spiro atoms. The maximum absolute atomic E-state index is 11.3. The van der Waals surface area contributed by atoms with Crippen LogP contribution in [-0.2, 0) is 6.61 Å². The fraction of sp³-hybridized carbons (Fsp3) is 0.0714. The molecule has 2 aromatic rings. The number of anilines is 1. The van der Waals surface area contributed by atoms with Crippen LogP contribution in [-0.4, -0.2) is 11.0 Å². The number of benzene rings is 2. The summed E-state index contributed by atoms with van der Waals surface area (Å²) < 4.78 is 5.59. The Labute approximate surface area is 110 Å². The molecule has 0 aliphatic rings. The number of carbonyl (C=O) groups excluding carboxylic acids is 1. The largest absolute Gasteiger partial charge is 0.456 e. The lowest BCUT2D eigenvalue weighted by Gasteiger charge is -2.10. The van der Waals surface area contributed by atoms with E-state index in [1.165, 1.54) is 6.07 Å². The molecule has 0 aliphatic heterocycles. The molecule has 5 heteroatoms. The summed E-state index contributed by atoms with van der Waals surface area (Å²) in [5.74, 6) is 0.261. The van der Waals surface area contributed by atoms with Gasteiger partial charge in [0.15, 0.2) is 0 Å². The van der Waals surface area contributed by atoms with E-state index in [0.29, 0.717) is 17.2 Å². The van der Waals surface area contributed by atoms with E-state index >= 15 is 0 Å². The highest BCUT2D eigenvalue weighted by molar-refractivity contribution is 5.96. The third-order valence-electron chi connectivity index (χ3n) is 2.60. The van der Waals surface area contributed by atoms with Crippen molar-refractivity contribution in [2.75, 3.05) is 5.73 Å². The second-order valence-corrected chi connectivity index (χ2v) is 4.02. The second kappa shape index (κ2) is 5.41. The Morgan fingerprint density at radius 1 is 1.16 bits per heavy atom. The molecule has 2 aromatic carbocycles. The van der Waals surface area contributed by atoms with Crippen LogP contribution in [0.2, 0.25) is 0 Å². The maximum Gasteiger partial charge on any atom is 0.252 e. The molecule has 0 unspecified atom stereocenters. The van der Waals surface area contributed by atoms with Crippen molar-refractivity contribution in [3.05, 3.63) is 53.6 Å². The Morgan fingerprint density at radius 2 is 1.84 bits per heavy atom. The molecule has 5 N–H and O–H groups in total. The van der Waals surface area contributed by atoms with Crippen LogP contribution in [0.5, 0.6) is 11.5 Å². The molecule has 0 atom stereocenters. The van der Waals surface area contributed by atoms with Gasteiger partial charge in [-0.3, -0.25) is 4.79 Å². The fourth-order valence-electron chi connectivity index (χ4n) is 1.62. The van der Waals surface area contributed by atoms with Crippen LogP contribution in [0.3, 0.4) is 0 Å². The van der Waals surface area contributed by atoms with Crippen LogP contribution in [0.4, 0.5) is 5.69 Å². The third kappa shape index (κ3) is 3.02. The Morgan fingerprint density at radius 3 is 2.42 bits per heavy atom. The van der Waals surface area contributed by atoms with E-state index in [9.17, 15) is 4.79 Å². The molecule has 0 saturated carbocycles. The first-order valence-electron chi connectivity index (χ1n) is 5.67. The van der Waals surface area contributed by atoms with E-state index in [1.54, 1.807) is 36.4 Å². The molecule has 0 fully saturated rings. The van der Waals surface area contributed by atoms with E-state index in [0.717, 1.165) is 5.56 Å². The molecule has 0 aromatic heterocycles. The Hall–Kier alpha value is -2.53. The molecular formula is C14H14N2O3. The van der Waals surface area contributed by atoms with Gasteiger partial charge in [0.1, 0.15) is 11.5 Å². The topological polar surface area (TPSA) is 98.6 Å². The minimum Gasteiger partial charge on any atom is -0.456 e. The van der Waals surface area contributed by atoms with Crippen molar-refractivity contribution < 1.29 is 14.6 Å². The zero-order chi connectivity index (χ0) is 13.8. The summed E-state index contributed by atoms with van der Waals surface area (Å²) in [5, 5.41) is 8.95. The highest BCUT2D eigenvalue weighted by Gasteiger charge is 2.10. The number of ether oxygens (including phenoxy) is 1. The smallest absolute Gasteiger partial charge is 0.252 e. The predicted octanol–water partition coefficient (Wildman–Crippen LogP) is 1.65. The van der Waals surface area contributed by atoms with Crippen molar-refractivity contribution in [2.45, 2.75) is 6.61 Å². The third-order valence-corrected chi connectivity index (χ3v) is 2.60. The van der Waals surface area contributed by atoms with E-state index in [1.807, 2.05) is 0 Å². The van der Waals surface area contributed by atoms with Gasteiger partial charge in [-0.05, 0) is 29.8 Å². The number of rotatable bonds is 4. The summed E-state index contributed by atoms with van der Waals surface area (Å²) >= 11 is 0. The first-order chi connectivity index (χ1) is 9.10. The Kier molecular flexibility index (Phi) is 3.68. The summed E-state index contributed by atoms with van der Waals surface area (Å²) in [6.07, 6.45) is 0. The van der Waals surface area contributed by atoms with E-state index in [-0.39, 0.29) is 12.2 Å². The number of hydrogen-bond acceptors (Lipinski definition) is 4. The summed E-state index contributed by atoms with van der Waals surface area (Å²) in [6.45, 7) is -0.0366. The van der Waals surface area contributed by atoms with E-state index in [2.05, 4.69) is 0 Å². The standard InChI is InChI=1S/C14H14N2O3/c15-10-3-6-12(14(16)18)13(7-10)19-11-4-1-9(8-17)2-5-11/h1-7,17H,8,15H2,(H2,16,18). The minimum absolute atomic E-state index is 0.0366. The van der Waals surface area contributed by atoms with Crippen molar-refractivity contribution in [3.63, 3.8) is 0 Å². The zero-order valence-electron chi connectivity index (χ0n) is 10.2. The molecule has 1 amide bonds. The monoisotopic (exact) mass is 258 g/mol. The lowest BCUT2D eigenvalue weighted by atomic mass is 10.1. The van der Waals surface area contributed by atoms with Crippen molar-refractivity contribution in [1.29, 1.82) is 0 Å². The van der Waals surface area contributed by atoms with Gasteiger partial charge in [0.25, 0.3) is 5.91 Å². The molecule has 5 nitrogen and oxygen atoms in total. The van der Waals surface area contributed by atoms with Crippen LogP contribution in [0.25, 0.3) is 0 Å². The van der Waals surface area contributed by atoms with Crippen LogP contribution in [0.15, 0.2) is 42.5 Å². The van der Waals surface area contributed by atoms with Gasteiger partial charge >= 0.3 is 0 Å². The van der Waals surface area contributed by atoms with Gasteiger partial charge in [-0.2, -0.15) is 0 Å². The number of aliphatic hydroxyl groups excluding tert-OH is 1. The number of hydrogen-bond donors (Lipinski definition) is 3. The van der Waals surface area contributed by atoms with Gasteiger partial charge in [0.05, 0.1) is 12.2 Å². The van der Waals surface area contributed by atoms with Crippen LogP contribution >= 0.6 is 0 Å². The first kappa shape index (κ1) is 12.9. The molecule has 0 bridgehead atoms. The highest BCUT2D eigenvalue weighted by atomic mass is 16.5. The number of nitrogen functional groups attached to an aromatic ring is 1. The molecule has 0 radical (unpaired) electrons. The first-order valence-corrected chi connectivity index (χ1v) is 5.67. The molecule has 0 aliphatic carbocycles. The Balaban J connectivity index is 2.31. The Bertz CT molecular complexity index is 594. The fourth-order valence-corrected chi connectivity index (χ4v) is 1.62. The SMILES string of the molecule is NC(=O)c1ccc(N)cc1Oc1ccc(CO)cc1. The maximum atomic E-state index is 11.3. The summed E-state index contributed by atoms with van der Waals surface area (Å²) in [7, 11) is 0. The van der Waals surface area contributed by atoms with Crippen LogP contribution in [0, 0.1) is 0 Å². The second-order valence-electron chi connectivity index (χ2n) is 4.02. The zero-order valence-corrected chi connectivity index (χ0v) is 10.2. The summed E-state index contributed by atoms with van der Waals surface area (Å²) in [5.41, 5.74) is 12.4. The van der Waals surface area contributed by atoms with Gasteiger partial charge < -0.3 is 21.3 Å². The normalized spacial score (nSPS) is 10.2. The molecule has 19 heavy (non-hydrogen) atoms. The van der Waals surface area contributed by atoms with Gasteiger partial charge in [0, 0.05) is 11.8 Å². The van der Waals surface area contributed by atoms with Crippen molar-refractivity contribution >= 4 is 11.6 Å². The highest BCUT2D eigenvalue weighted by Crippen LogP contribution is 2.27. The molecular weight excluding hydrogens is 244 g/mol. The average Bonchev–Trinajstić information content (AvgIpc) is 2.39. The number of amides is 1. The molecule has 98 valence electrons. The number of nitrogens with two attached hydrogens (primary N) is 2. The lowest BCUT2D eigenvalue weighted by Crippen LogP contribution is -2.12. The summed E-state index contributed by atoms with van der Waals surface area (Å²) in [4.78, 5) is 11.3. The number of carbonyl (C=O) groups is 1. The van der Waals surface area contributed by atoms with Gasteiger partial charge in [-0.1, -0.05) is 12.1 Å².